The third kappa shape index (κ3) is 3.24. The van der Waals surface area contributed by atoms with Crippen LogP contribution in [0.4, 0.5) is 4.39 Å². The number of hydrogen-bond acceptors (Lipinski definition) is 4. The molecule has 2 bridgehead atoms. The van der Waals surface area contributed by atoms with E-state index in [1.54, 1.807) is 18.5 Å². The van der Waals surface area contributed by atoms with Crippen molar-refractivity contribution < 1.29 is 4.39 Å². The minimum atomic E-state index is -0.196. The molecule has 0 radical (unpaired) electrons. The van der Waals surface area contributed by atoms with Crippen molar-refractivity contribution in [2.75, 3.05) is 13.1 Å². The van der Waals surface area contributed by atoms with Crippen molar-refractivity contribution in [3.8, 4) is 11.1 Å². The summed E-state index contributed by atoms with van der Waals surface area (Å²) in [5.74, 6) is 0.355. The van der Waals surface area contributed by atoms with Gasteiger partial charge in [0.15, 0.2) is 0 Å². The van der Waals surface area contributed by atoms with Gasteiger partial charge in [0.2, 0.25) is 0 Å². The lowest BCUT2D eigenvalue weighted by Crippen LogP contribution is -2.71. The Hall–Kier alpha value is -2.63. The molecule has 1 aromatic heterocycles. The Balaban J connectivity index is 1.27. The van der Waals surface area contributed by atoms with Gasteiger partial charge in [-0.1, -0.05) is 36.4 Å². The zero-order chi connectivity index (χ0) is 18.2. The van der Waals surface area contributed by atoms with E-state index >= 15 is 0 Å². The van der Waals surface area contributed by atoms with Crippen LogP contribution < -0.4 is 5.32 Å². The molecule has 3 aliphatic rings. The van der Waals surface area contributed by atoms with Crippen LogP contribution in [0.2, 0.25) is 0 Å². The zero-order valence-corrected chi connectivity index (χ0v) is 14.9. The fourth-order valence-corrected chi connectivity index (χ4v) is 4.44. The summed E-state index contributed by atoms with van der Waals surface area (Å²) in [4.78, 5) is 10.7. The molecule has 1 N–H and O–H groups in total. The van der Waals surface area contributed by atoms with E-state index in [-0.39, 0.29) is 5.82 Å². The molecule has 0 spiro atoms. The third-order valence-electron chi connectivity index (χ3n) is 5.68. The van der Waals surface area contributed by atoms with Crippen molar-refractivity contribution in [3.63, 3.8) is 0 Å². The Morgan fingerprint density at radius 1 is 0.963 bits per heavy atom. The predicted molar refractivity (Wildman–Crippen MR) is 103 cm³/mol. The molecule has 0 aliphatic carbocycles. The van der Waals surface area contributed by atoms with Crippen LogP contribution in [-0.4, -0.2) is 40.0 Å². The highest BCUT2D eigenvalue weighted by atomic mass is 19.1. The predicted octanol–water partition coefficient (Wildman–Crippen LogP) is 3.22. The SMILES string of the molecule is Fc1cccc(-c2ccc(C3[C@@H]4CN(Cc5cncnc5)C[C@H]3N4)cc2)c1. The van der Waals surface area contributed by atoms with E-state index in [9.17, 15) is 4.39 Å². The van der Waals surface area contributed by atoms with E-state index in [1.165, 1.54) is 11.6 Å². The summed E-state index contributed by atoms with van der Waals surface area (Å²) in [6, 6.07) is 16.3. The van der Waals surface area contributed by atoms with Gasteiger partial charge >= 0.3 is 0 Å². The van der Waals surface area contributed by atoms with E-state index in [0.717, 1.165) is 36.3 Å². The maximum atomic E-state index is 13.5. The Bertz CT molecular complexity index is 917. The average molecular weight is 360 g/mol. The summed E-state index contributed by atoms with van der Waals surface area (Å²) in [6.07, 6.45) is 5.36. The number of halogens is 1. The van der Waals surface area contributed by atoms with Gasteiger partial charge in [-0.3, -0.25) is 4.90 Å². The number of piperazine rings is 1. The molecule has 136 valence electrons. The Morgan fingerprint density at radius 3 is 2.41 bits per heavy atom. The van der Waals surface area contributed by atoms with Gasteiger partial charge in [0.25, 0.3) is 0 Å². The fraction of sp³-hybridized carbons (Fsp3) is 0.273. The van der Waals surface area contributed by atoms with E-state index in [1.807, 2.05) is 18.5 Å². The second-order valence-electron chi connectivity index (χ2n) is 7.48. The maximum Gasteiger partial charge on any atom is 0.123 e. The van der Waals surface area contributed by atoms with Gasteiger partial charge in [0.1, 0.15) is 12.1 Å². The van der Waals surface area contributed by atoms with Crippen molar-refractivity contribution in [2.24, 2.45) is 0 Å². The molecule has 5 heteroatoms. The van der Waals surface area contributed by atoms with Crippen LogP contribution in [0.1, 0.15) is 17.0 Å². The number of benzene rings is 2. The number of aromatic nitrogens is 2. The van der Waals surface area contributed by atoms with Crippen LogP contribution in [0.5, 0.6) is 0 Å². The summed E-state index contributed by atoms with van der Waals surface area (Å²) < 4.78 is 13.5. The lowest BCUT2D eigenvalue weighted by molar-refractivity contribution is 0.0469. The number of hydrogen-bond donors (Lipinski definition) is 1. The van der Waals surface area contributed by atoms with Gasteiger partial charge < -0.3 is 5.32 Å². The Morgan fingerprint density at radius 2 is 1.70 bits per heavy atom. The van der Waals surface area contributed by atoms with E-state index in [2.05, 4.69) is 44.5 Å². The largest absolute Gasteiger partial charge is 0.307 e. The van der Waals surface area contributed by atoms with Gasteiger partial charge in [0, 0.05) is 55.6 Å². The molecule has 27 heavy (non-hydrogen) atoms. The van der Waals surface area contributed by atoms with Crippen LogP contribution in [0.3, 0.4) is 0 Å². The van der Waals surface area contributed by atoms with Gasteiger partial charge in [-0.05, 0) is 28.8 Å². The van der Waals surface area contributed by atoms with Crippen LogP contribution >= 0.6 is 0 Å². The molecule has 0 saturated carbocycles. The third-order valence-corrected chi connectivity index (χ3v) is 5.68. The number of nitrogens with one attached hydrogen (secondary N) is 1. The van der Waals surface area contributed by atoms with E-state index < -0.39 is 0 Å². The fourth-order valence-electron chi connectivity index (χ4n) is 4.44. The highest BCUT2D eigenvalue weighted by molar-refractivity contribution is 5.63. The first-order valence-corrected chi connectivity index (χ1v) is 9.34. The number of fused-ring (bicyclic) bond motifs is 2. The lowest BCUT2D eigenvalue weighted by atomic mass is 9.74. The molecule has 6 rings (SSSR count). The first kappa shape index (κ1) is 16.5. The molecular weight excluding hydrogens is 339 g/mol. The smallest absolute Gasteiger partial charge is 0.123 e. The quantitative estimate of drug-likeness (QED) is 0.776. The molecule has 4 heterocycles. The van der Waals surface area contributed by atoms with Crippen molar-refractivity contribution in [2.45, 2.75) is 24.5 Å². The van der Waals surface area contributed by atoms with Crippen molar-refractivity contribution >= 4 is 0 Å². The summed E-state index contributed by atoms with van der Waals surface area (Å²) in [5, 5.41) is 3.67. The summed E-state index contributed by atoms with van der Waals surface area (Å²) in [6.45, 7) is 2.96. The number of piperidine rings is 1. The van der Waals surface area contributed by atoms with Crippen molar-refractivity contribution in [1.29, 1.82) is 0 Å². The average Bonchev–Trinajstić information content (AvgIpc) is 2.69. The molecule has 2 aromatic carbocycles. The van der Waals surface area contributed by atoms with Crippen molar-refractivity contribution in [3.05, 3.63) is 84.2 Å². The minimum absolute atomic E-state index is 0.196. The standard InChI is InChI=1S/C22H21FN4/c23-19-3-1-2-18(8-19)16-4-6-17(7-5-16)22-20-12-27(13-21(22)26-20)11-15-9-24-14-25-10-15/h1-10,14,20-22,26H,11-13H2/t20-,21+,22?. The topological polar surface area (TPSA) is 41.1 Å². The molecule has 3 aliphatic heterocycles. The van der Waals surface area contributed by atoms with E-state index in [0.29, 0.717) is 18.0 Å². The molecule has 3 fully saturated rings. The molecule has 3 saturated heterocycles. The van der Waals surface area contributed by atoms with E-state index in [4.69, 9.17) is 0 Å². The minimum Gasteiger partial charge on any atom is -0.307 e. The van der Waals surface area contributed by atoms with Crippen LogP contribution in [-0.2, 0) is 6.54 Å². The van der Waals surface area contributed by atoms with Crippen LogP contribution in [0.15, 0.2) is 67.3 Å². The first-order chi connectivity index (χ1) is 13.3. The highest BCUT2D eigenvalue weighted by Gasteiger charge is 2.46. The Labute approximate surface area is 158 Å². The normalized spacial score (nSPS) is 24.4. The molecule has 3 aromatic rings. The monoisotopic (exact) mass is 360 g/mol. The summed E-state index contributed by atoms with van der Waals surface area (Å²) in [7, 11) is 0. The molecule has 0 amide bonds. The molecule has 3 atom stereocenters. The second-order valence-corrected chi connectivity index (χ2v) is 7.48. The number of nitrogens with zero attached hydrogens (tertiary/aromatic N) is 3. The summed E-state index contributed by atoms with van der Waals surface area (Å²) in [5.41, 5.74) is 4.51. The van der Waals surface area contributed by atoms with Gasteiger partial charge in [-0.25, -0.2) is 14.4 Å². The molecule has 4 nitrogen and oxygen atoms in total. The maximum absolute atomic E-state index is 13.5. The van der Waals surface area contributed by atoms with Gasteiger partial charge in [0.05, 0.1) is 0 Å². The van der Waals surface area contributed by atoms with Crippen LogP contribution in [0.25, 0.3) is 11.1 Å². The van der Waals surface area contributed by atoms with Crippen LogP contribution in [0, 0.1) is 5.82 Å². The number of rotatable bonds is 4. The Kier molecular flexibility index (Phi) is 4.19. The lowest BCUT2D eigenvalue weighted by Gasteiger charge is -2.55. The summed E-state index contributed by atoms with van der Waals surface area (Å²) >= 11 is 0. The zero-order valence-electron chi connectivity index (χ0n) is 14.9. The second kappa shape index (κ2) is 6.83. The molecule has 1 unspecified atom stereocenters. The van der Waals surface area contributed by atoms with Crippen molar-refractivity contribution in [1.82, 2.24) is 20.2 Å². The highest BCUT2D eigenvalue weighted by Crippen LogP contribution is 2.37. The first-order valence-electron chi connectivity index (χ1n) is 9.34. The molecular formula is C22H21FN4. The van der Waals surface area contributed by atoms with Gasteiger partial charge in [-0.2, -0.15) is 0 Å². The van der Waals surface area contributed by atoms with Gasteiger partial charge in [-0.15, -0.1) is 0 Å².